The molecule has 3 nitrogen and oxygen atoms in total. The van der Waals surface area contributed by atoms with Crippen molar-refractivity contribution in [3.05, 3.63) is 29.6 Å². The smallest absolute Gasteiger partial charge is 0.146 e. The fourth-order valence-corrected chi connectivity index (χ4v) is 2.45. The molecule has 17 heavy (non-hydrogen) atoms. The molecular weight excluding hydrogens is 221 g/mol. The van der Waals surface area contributed by atoms with Gasteiger partial charge in [0, 0.05) is 18.7 Å². The Morgan fingerprint density at radius 1 is 1.47 bits per heavy atom. The van der Waals surface area contributed by atoms with Gasteiger partial charge in [-0.2, -0.15) is 0 Å². The van der Waals surface area contributed by atoms with Crippen LogP contribution in [-0.4, -0.2) is 28.9 Å². The Bertz CT molecular complexity index is 406. The van der Waals surface area contributed by atoms with Gasteiger partial charge in [-0.1, -0.05) is 12.1 Å². The Balaban J connectivity index is 2.33. The Morgan fingerprint density at radius 3 is 2.88 bits per heavy atom. The maximum atomic E-state index is 13.8. The van der Waals surface area contributed by atoms with E-state index in [1.807, 2.05) is 4.90 Å². The van der Waals surface area contributed by atoms with E-state index in [2.05, 4.69) is 0 Å². The van der Waals surface area contributed by atoms with E-state index in [-0.39, 0.29) is 12.4 Å². The van der Waals surface area contributed by atoms with Crippen molar-refractivity contribution in [1.82, 2.24) is 0 Å². The summed E-state index contributed by atoms with van der Waals surface area (Å²) in [4.78, 5) is 1.82. The van der Waals surface area contributed by atoms with E-state index < -0.39 is 5.60 Å². The first kappa shape index (κ1) is 12.3. The lowest BCUT2D eigenvalue weighted by Crippen LogP contribution is -2.46. The third-order valence-corrected chi connectivity index (χ3v) is 3.23. The highest BCUT2D eigenvalue weighted by Gasteiger charge is 2.30. The number of benzene rings is 1. The highest BCUT2D eigenvalue weighted by Crippen LogP contribution is 2.30. The lowest BCUT2D eigenvalue weighted by molar-refractivity contribution is 0.0446. The molecule has 1 saturated heterocycles. The SMILES string of the molecule is CC1(O)CCCN(c2c(F)cccc2CO)C1. The van der Waals surface area contributed by atoms with Crippen LogP contribution in [-0.2, 0) is 6.61 Å². The minimum absolute atomic E-state index is 0.189. The molecule has 1 aliphatic rings. The first-order chi connectivity index (χ1) is 8.03. The van der Waals surface area contributed by atoms with Gasteiger partial charge in [-0.25, -0.2) is 4.39 Å². The van der Waals surface area contributed by atoms with Crippen LogP contribution in [0.15, 0.2) is 18.2 Å². The summed E-state index contributed by atoms with van der Waals surface area (Å²) in [6.45, 7) is 2.69. The largest absolute Gasteiger partial charge is 0.392 e. The summed E-state index contributed by atoms with van der Waals surface area (Å²) in [6, 6.07) is 4.69. The van der Waals surface area contributed by atoms with Gasteiger partial charge in [0.1, 0.15) is 5.82 Å². The van der Waals surface area contributed by atoms with Gasteiger partial charge in [0.2, 0.25) is 0 Å². The fourth-order valence-electron chi connectivity index (χ4n) is 2.45. The van der Waals surface area contributed by atoms with Crippen LogP contribution in [0.5, 0.6) is 0 Å². The number of piperidine rings is 1. The molecule has 0 aliphatic carbocycles. The predicted octanol–water partition coefficient (Wildman–Crippen LogP) is 1.67. The van der Waals surface area contributed by atoms with Crippen molar-refractivity contribution >= 4 is 5.69 Å². The van der Waals surface area contributed by atoms with Gasteiger partial charge in [0.15, 0.2) is 0 Å². The topological polar surface area (TPSA) is 43.7 Å². The van der Waals surface area contributed by atoms with Crippen molar-refractivity contribution in [1.29, 1.82) is 0 Å². The van der Waals surface area contributed by atoms with Gasteiger partial charge in [-0.05, 0) is 25.8 Å². The van der Waals surface area contributed by atoms with E-state index in [9.17, 15) is 14.6 Å². The highest BCUT2D eigenvalue weighted by molar-refractivity contribution is 5.55. The summed E-state index contributed by atoms with van der Waals surface area (Å²) >= 11 is 0. The first-order valence-corrected chi connectivity index (χ1v) is 5.89. The molecule has 0 amide bonds. The summed E-state index contributed by atoms with van der Waals surface area (Å²) in [5.74, 6) is -0.339. The summed E-state index contributed by atoms with van der Waals surface area (Å²) < 4.78 is 13.8. The number of aliphatic hydroxyl groups is 2. The van der Waals surface area contributed by atoms with Crippen LogP contribution in [0, 0.1) is 5.82 Å². The summed E-state index contributed by atoms with van der Waals surface area (Å²) in [7, 11) is 0. The average Bonchev–Trinajstić information content (AvgIpc) is 2.27. The van der Waals surface area contributed by atoms with Gasteiger partial charge in [0.25, 0.3) is 0 Å². The van der Waals surface area contributed by atoms with Crippen LogP contribution in [0.4, 0.5) is 10.1 Å². The summed E-state index contributed by atoms with van der Waals surface area (Å²) in [6.07, 6.45) is 1.55. The third-order valence-electron chi connectivity index (χ3n) is 3.23. The second-order valence-electron chi connectivity index (χ2n) is 4.93. The molecule has 0 radical (unpaired) electrons. The fraction of sp³-hybridized carbons (Fsp3) is 0.538. The number of halogens is 1. The first-order valence-electron chi connectivity index (χ1n) is 5.89. The van der Waals surface area contributed by atoms with Crippen molar-refractivity contribution in [3.8, 4) is 0 Å². The minimum Gasteiger partial charge on any atom is -0.392 e. The van der Waals surface area contributed by atoms with Crippen LogP contribution < -0.4 is 4.90 Å². The van der Waals surface area contributed by atoms with Crippen molar-refractivity contribution < 1.29 is 14.6 Å². The average molecular weight is 239 g/mol. The van der Waals surface area contributed by atoms with E-state index >= 15 is 0 Å². The van der Waals surface area contributed by atoms with Gasteiger partial charge >= 0.3 is 0 Å². The Kier molecular flexibility index (Phi) is 3.35. The molecule has 0 spiro atoms. The van der Waals surface area contributed by atoms with E-state index in [1.165, 1.54) is 6.07 Å². The quantitative estimate of drug-likeness (QED) is 0.825. The molecule has 0 saturated carbocycles. The molecule has 1 aromatic carbocycles. The van der Waals surface area contributed by atoms with E-state index in [0.29, 0.717) is 24.3 Å². The second kappa shape index (κ2) is 4.63. The van der Waals surface area contributed by atoms with Crippen LogP contribution in [0.3, 0.4) is 0 Å². The van der Waals surface area contributed by atoms with E-state index in [1.54, 1.807) is 19.1 Å². The summed E-state index contributed by atoms with van der Waals surface area (Å²) in [5, 5.41) is 19.3. The molecular formula is C13H18FNO2. The zero-order chi connectivity index (χ0) is 12.5. The standard InChI is InChI=1S/C13H18FNO2/c1-13(17)6-3-7-15(9-13)12-10(8-16)4-2-5-11(12)14/h2,4-5,16-17H,3,6-9H2,1H3. The lowest BCUT2D eigenvalue weighted by Gasteiger charge is -2.39. The second-order valence-corrected chi connectivity index (χ2v) is 4.93. The van der Waals surface area contributed by atoms with Crippen LogP contribution >= 0.6 is 0 Å². The number of anilines is 1. The predicted molar refractivity (Wildman–Crippen MR) is 64.4 cm³/mol. The minimum atomic E-state index is -0.784. The molecule has 4 heteroatoms. The molecule has 2 rings (SSSR count). The number of nitrogens with zero attached hydrogens (tertiary/aromatic N) is 1. The Labute approximate surface area is 100 Å². The maximum absolute atomic E-state index is 13.8. The zero-order valence-electron chi connectivity index (χ0n) is 9.99. The molecule has 2 N–H and O–H groups in total. The normalized spacial score (nSPS) is 25.1. The number of hydrogen-bond donors (Lipinski definition) is 2. The van der Waals surface area contributed by atoms with Crippen LogP contribution in [0.1, 0.15) is 25.3 Å². The molecule has 1 heterocycles. The van der Waals surface area contributed by atoms with E-state index in [0.717, 1.165) is 12.8 Å². The lowest BCUT2D eigenvalue weighted by atomic mass is 9.94. The van der Waals surface area contributed by atoms with Crippen LogP contribution in [0.2, 0.25) is 0 Å². The van der Waals surface area contributed by atoms with Crippen molar-refractivity contribution in [2.24, 2.45) is 0 Å². The van der Waals surface area contributed by atoms with Crippen LogP contribution in [0.25, 0.3) is 0 Å². The third kappa shape index (κ3) is 2.58. The number of para-hydroxylation sites is 1. The van der Waals surface area contributed by atoms with Gasteiger partial charge in [-0.15, -0.1) is 0 Å². The van der Waals surface area contributed by atoms with Crippen molar-refractivity contribution in [2.45, 2.75) is 32.0 Å². The molecule has 1 atom stereocenters. The number of β-amino-alcohol motifs (C(OH)–C–C–N with tert-alkyl or cyclic N) is 1. The number of rotatable bonds is 2. The van der Waals surface area contributed by atoms with Crippen molar-refractivity contribution in [2.75, 3.05) is 18.0 Å². The Hall–Kier alpha value is -1.13. The van der Waals surface area contributed by atoms with Gasteiger partial charge < -0.3 is 15.1 Å². The Morgan fingerprint density at radius 2 is 2.24 bits per heavy atom. The maximum Gasteiger partial charge on any atom is 0.146 e. The molecule has 0 bridgehead atoms. The van der Waals surface area contributed by atoms with E-state index in [4.69, 9.17) is 0 Å². The molecule has 94 valence electrons. The zero-order valence-corrected chi connectivity index (χ0v) is 9.99. The monoisotopic (exact) mass is 239 g/mol. The number of aliphatic hydroxyl groups excluding tert-OH is 1. The molecule has 1 aromatic rings. The highest BCUT2D eigenvalue weighted by atomic mass is 19.1. The molecule has 1 unspecified atom stereocenters. The molecule has 1 fully saturated rings. The van der Waals surface area contributed by atoms with Crippen molar-refractivity contribution in [3.63, 3.8) is 0 Å². The number of hydrogen-bond acceptors (Lipinski definition) is 3. The molecule has 1 aliphatic heterocycles. The van der Waals surface area contributed by atoms with Gasteiger partial charge in [-0.3, -0.25) is 0 Å². The molecule has 0 aromatic heterocycles. The van der Waals surface area contributed by atoms with Gasteiger partial charge in [0.05, 0.1) is 17.9 Å². The summed E-state index contributed by atoms with van der Waals surface area (Å²) in [5.41, 5.74) is 0.213.